The van der Waals surface area contributed by atoms with Crippen LogP contribution in [0.5, 0.6) is 0 Å². The molecule has 0 radical (unpaired) electrons. The predicted octanol–water partition coefficient (Wildman–Crippen LogP) is 2.80. The Balaban J connectivity index is 3.66. The average Bonchev–Trinajstić information content (AvgIpc) is 2.41. The predicted molar refractivity (Wildman–Crippen MR) is 79.1 cm³/mol. The number of hydrogen-bond donors (Lipinski definition) is 0. The zero-order valence-electron chi connectivity index (χ0n) is 12.9. The lowest BCUT2D eigenvalue weighted by Crippen LogP contribution is -2.30. The van der Waals surface area contributed by atoms with Gasteiger partial charge in [0.25, 0.3) is 0 Å². The van der Waals surface area contributed by atoms with Gasteiger partial charge in [0.1, 0.15) is 5.78 Å². The zero-order chi connectivity index (χ0) is 13.8. The molecule has 3 heteroatoms. The summed E-state index contributed by atoms with van der Waals surface area (Å²) in [5.41, 5.74) is 0. The molecule has 0 atom stereocenters. The number of ketones is 1. The Hall–Kier alpha value is -0.410. The molecule has 0 amide bonds. The molecule has 0 saturated carbocycles. The van der Waals surface area contributed by atoms with E-state index in [0.717, 1.165) is 45.6 Å². The van der Waals surface area contributed by atoms with E-state index >= 15 is 0 Å². The van der Waals surface area contributed by atoms with Gasteiger partial charge in [-0.3, -0.25) is 4.79 Å². The third kappa shape index (κ3) is 8.65. The second kappa shape index (κ2) is 11.7. The molecule has 18 heavy (non-hydrogen) atoms. The summed E-state index contributed by atoms with van der Waals surface area (Å²) in [6.07, 6.45) is 3.69. The Bertz CT molecular complexity index is 203. The molecule has 0 aromatic rings. The van der Waals surface area contributed by atoms with Crippen LogP contribution in [0.3, 0.4) is 0 Å². The zero-order valence-corrected chi connectivity index (χ0v) is 12.9. The Labute approximate surface area is 114 Å². The van der Waals surface area contributed by atoms with Gasteiger partial charge in [-0.1, -0.05) is 27.7 Å². The van der Waals surface area contributed by atoms with Crippen LogP contribution in [0.25, 0.3) is 0 Å². The van der Waals surface area contributed by atoms with Crippen molar-refractivity contribution in [3.63, 3.8) is 0 Å². The molecule has 0 rings (SSSR count). The fourth-order valence-electron chi connectivity index (χ4n) is 2.16. The molecular formula is C15H32N2O. The number of rotatable bonds is 12. The molecular weight excluding hydrogens is 224 g/mol. The number of hydrogen-bond acceptors (Lipinski definition) is 3. The van der Waals surface area contributed by atoms with Crippen LogP contribution in [-0.4, -0.2) is 54.9 Å². The number of carbonyl (C=O) groups excluding carboxylic acids is 1. The number of nitrogens with zero attached hydrogens (tertiary/aromatic N) is 2. The highest BCUT2D eigenvalue weighted by Gasteiger charge is 2.05. The highest BCUT2D eigenvalue weighted by atomic mass is 16.1. The van der Waals surface area contributed by atoms with Crippen LogP contribution >= 0.6 is 0 Å². The van der Waals surface area contributed by atoms with Gasteiger partial charge < -0.3 is 9.80 Å². The van der Waals surface area contributed by atoms with Crippen molar-refractivity contribution < 1.29 is 4.79 Å². The summed E-state index contributed by atoms with van der Waals surface area (Å²) in [4.78, 5) is 16.2. The van der Waals surface area contributed by atoms with E-state index in [9.17, 15) is 4.79 Å². The third-order valence-corrected chi connectivity index (χ3v) is 3.61. The van der Waals surface area contributed by atoms with E-state index in [1.54, 1.807) is 0 Å². The second-order valence-electron chi connectivity index (χ2n) is 4.81. The summed E-state index contributed by atoms with van der Waals surface area (Å²) < 4.78 is 0. The van der Waals surface area contributed by atoms with E-state index in [2.05, 4.69) is 30.6 Å². The molecule has 0 N–H and O–H groups in total. The van der Waals surface area contributed by atoms with Crippen LogP contribution in [0.4, 0.5) is 0 Å². The van der Waals surface area contributed by atoms with Gasteiger partial charge in [-0.25, -0.2) is 0 Å². The van der Waals surface area contributed by atoms with Crippen molar-refractivity contribution >= 4 is 5.78 Å². The summed E-state index contributed by atoms with van der Waals surface area (Å²) in [5.74, 6) is 0.397. The summed E-state index contributed by atoms with van der Waals surface area (Å²) in [7, 11) is 0. The van der Waals surface area contributed by atoms with E-state index in [1.165, 1.54) is 13.0 Å². The quantitative estimate of drug-likeness (QED) is 0.536. The molecule has 0 aromatic heterocycles. The van der Waals surface area contributed by atoms with E-state index in [4.69, 9.17) is 0 Å². The Morgan fingerprint density at radius 1 is 0.778 bits per heavy atom. The van der Waals surface area contributed by atoms with E-state index in [1.807, 2.05) is 6.92 Å². The molecule has 0 aromatic carbocycles. The molecule has 0 aliphatic carbocycles. The van der Waals surface area contributed by atoms with Gasteiger partial charge in [0, 0.05) is 12.8 Å². The lowest BCUT2D eigenvalue weighted by Gasteiger charge is -2.23. The fourth-order valence-corrected chi connectivity index (χ4v) is 2.16. The monoisotopic (exact) mass is 256 g/mol. The number of Topliss-reactive ketones (excluding diaryl/α,β-unsaturated/α-hetero) is 1. The van der Waals surface area contributed by atoms with Crippen molar-refractivity contribution in [1.82, 2.24) is 9.80 Å². The molecule has 0 bridgehead atoms. The van der Waals surface area contributed by atoms with E-state index in [-0.39, 0.29) is 0 Å². The van der Waals surface area contributed by atoms with Crippen molar-refractivity contribution in [3.8, 4) is 0 Å². The first-order valence-electron chi connectivity index (χ1n) is 7.64. The largest absolute Gasteiger partial charge is 0.304 e. The molecule has 108 valence electrons. The molecule has 0 unspecified atom stereocenters. The number of carbonyl (C=O) groups is 1. The molecule has 0 saturated heterocycles. The van der Waals surface area contributed by atoms with Gasteiger partial charge in [0.2, 0.25) is 0 Å². The van der Waals surface area contributed by atoms with Gasteiger partial charge in [-0.05, 0) is 52.1 Å². The minimum Gasteiger partial charge on any atom is -0.304 e. The van der Waals surface area contributed by atoms with Crippen molar-refractivity contribution in [3.05, 3.63) is 0 Å². The first-order valence-corrected chi connectivity index (χ1v) is 7.64. The minimum absolute atomic E-state index is 0.397. The Kier molecular flexibility index (Phi) is 11.4. The first kappa shape index (κ1) is 17.6. The summed E-state index contributed by atoms with van der Waals surface area (Å²) in [5, 5.41) is 0. The minimum atomic E-state index is 0.397. The second-order valence-corrected chi connectivity index (χ2v) is 4.81. The fraction of sp³-hybridized carbons (Fsp3) is 0.933. The van der Waals surface area contributed by atoms with Gasteiger partial charge in [-0.15, -0.1) is 0 Å². The average molecular weight is 256 g/mol. The van der Waals surface area contributed by atoms with Crippen LogP contribution in [0, 0.1) is 0 Å². The van der Waals surface area contributed by atoms with Crippen LogP contribution in [0.1, 0.15) is 53.4 Å². The van der Waals surface area contributed by atoms with Crippen molar-refractivity contribution in [1.29, 1.82) is 0 Å². The van der Waals surface area contributed by atoms with Crippen molar-refractivity contribution in [2.75, 3.05) is 39.3 Å². The standard InChI is InChI=1S/C15H32N2O/c1-5-15(18)11-9-12-17(8-4)14-10-13-16(6-2)7-3/h5-14H2,1-4H3. The van der Waals surface area contributed by atoms with Crippen molar-refractivity contribution in [2.24, 2.45) is 0 Å². The van der Waals surface area contributed by atoms with Gasteiger partial charge >= 0.3 is 0 Å². The maximum Gasteiger partial charge on any atom is 0.132 e. The molecule has 0 heterocycles. The van der Waals surface area contributed by atoms with E-state index < -0.39 is 0 Å². The van der Waals surface area contributed by atoms with Gasteiger partial charge in [0.15, 0.2) is 0 Å². The van der Waals surface area contributed by atoms with Gasteiger partial charge in [-0.2, -0.15) is 0 Å². The normalized spacial score (nSPS) is 11.4. The maximum atomic E-state index is 11.2. The first-order chi connectivity index (χ1) is 8.67. The highest BCUT2D eigenvalue weighted by Crippen LogP contribution is 2.00. The smallest absolute Gasteiger partial charge is 0.132 e. The Morgan fingerprint density at radius 2 is 1.28 bits per heavy atom. The molecule has 0 spiro atoms. The SMILES string of the molecule is CCC(=O)CCCN(CC)CCCN(CC)CC. The van der Waals surface area contributed by atoms with E-state index in [0.29, 0.717) is 12.2 Å². The van der Waals surface area contributed by atoms with Gasteiger partial charge in [0.05, 0.1) is 0 Å². The molecule has 0 fully saturated rings. The Morgan fingerprint density at radius 3 is 1.78 bits per heavy atom. The summed E-state index contributed by atoms with van der Waals surface area (Å²) in [6.45, 7) is 15.4. The highest BCUT2D eigenvalue weighted by molar-refractivity contribution is 5.77. The topological polar surface area (TPSA) is 23.6 Å². The summed E-state index contributed by atoms with van der Waals surface area (Å²) >= 11 is 0. The van der Waals surface area contributed by atoms with Crippen LogP contribution in [0.2, 0.25) is 0 Å². The molecule has 3 nitrogen and oxygen atoms in total. The van der Waals surface area contributed by atoms with Crippen LogP contribution in [-0.2, 0) is 4.79 Å². The summed E-state index contributed by atoms with van der Waals surface area (Å²) in [6, 6.07) is 0. The van der Waals surface area contributed by atoms with Crippen molar-refractivity contribution in [2.45, 2.75) is 53.4 Å². The third-order valence-electron chi connectivity index (χ3n) is 3.61. The molecule has 0 aliphatic rings. The maximum absolute atomic E-state index is 11.2. The van der Waals surface area contributed by atoms with Crippen LogP contribution in [0.15, 0.2) is 0 Å². The molecule has 0 aliphatic heterocycles. The van der Waals surface area contributed by atoms with Crippen LogP contribution < -0.4 is 0 Å². The lowest BCUT2D eigenvalue weighted by molar-refractivity contribution is -0.118. The lowest BCUT2D eigenvalue weighted by atomic mass is 10.2.